The number of hydrogen-bond donors (Lipinski definition) is 2. The first-order valence-electron chi connectivity index (χ1n) is 5.84. The van der Waals surface area contributed by atoms with Crippen LogP contribution in [0.5, 0.6) is 0 Å². The van der Waals surface area contributed by atoms with Crippen LogP contribution in [0, 0.1) is 6.92 Å². The first kappa shape index (κ1) is 14.9. The van der Waals surface area contributed by atoms with Crippen LogP contribution in [0.4, 0.5) is 0 Å². The van der Waals surface area contributed by atoms with E-state index in [0.29, 0.717) is 5.56 Å². The highest BCUT2D eigenvalue weighted by Crippen LogP contribution is 2.28. The maximum absolute atomic E-state index is 11.9. The van der Waals surface area contributed by atoms with Gasteiger partial charge in [-0.05, 0) is 30.7 Å². The number of carboxylic acids is 1. The molecule has 0 amide bonds. The van der Waals surface area contributed by atoms with Gasteiger partial charge in [-0.1, -0.05) is 0 Å². The van der Waals surface area contributed by atoms with Crippen molar-refractivity contribution in [3.05, 3.63) is 45.7 Å². The average molecular weight is 308 g/mol. The molecular weight excluding hydrogens is 296 g/mol. The molecule has 0 spiro atoms. The van der Waals surface area contributed by atoms with Gasteiger partial charge in [0.1, 0.15) is 0 Å². The summed E-state index contributed by atoms with van der Waals surface area (Å²) in [7, 11) is -3.66. The molecule has 1 heterocycles. The molecule has 0 aliphatic rings. The largest absolute Gasteiger partial charge is 0.478 e. The number of sulfone groups is 1. The monoisotopic (exact) mass is 308 g/mol. The van der Waals surface area contributed by atoms with Crippen LogP contribution < -0.4 is 5.56 Å². The van der Waals surface area contributed by atoms with E-state index >= 15 is 0 Å². The lowest BCUT2D eigenvalue weighted by atomic mass is 10.0. The number of aromatic nitrogens is 2. The van der Waals surface area contributed by atoms with Gasteiger partial charge in [0, 0.05) is 17.9 Å². The first-order valence-corrected chi connectivity index (χ1v) is 7.73. The zero-order valence-corrected chi connectivity index (χ0v) is 12.1. The molecule has 0 radical (unpaired) electrons. The molecule has 7 nitrogen and oxygen atoms in total. The number of carbonyl (C=O) groups is 1. The van der Waals surface area contributed by atoms with E-state index in [1.54, 1.807) is 6.92 Å². The second kappa shape index (κ2) is 5.13. The number of aromatic carboxylic acids is 1. The topological polar surface area (TPSA) is 117 Å². The number of benzene rings is 1. The van der Waals surface area contributed by atoms with Crippen LogP contribution in [0.2, 0.25) is 0 Å². The van der Waals surface area contributed by atoms with Gasteiger partial charge in [-0.2, -0.15) is 5.10 Å². The fraction of sp³-hybridized carbons (Fsp3) is 0.154. The maximum Gasteiger partial charge on any atom is 0.335 e. The van der Waals surface area contributed by atoms with E-state index in [9.17, 15) is 18.0 Å². The van der Waals surface area contributed by atoms with Crippen LogP contribution in [-0.2, 0) is 9.84 Å². The fourth-order valence-corrected chi connectivity index (χ4v) is 2.81. The van der Waals surface area contributed by atoms with E-state index in [4.69, 9.17) is 5.11 Å². The third kappa shape index (κ3) is 3.00. The Balaban J connectivity index is 2.82. The van der Waals surface area contributed by atoms with Crippen molar-refractivity contribution in [2.45, 2.75) is 11.8 Å². The molecule has 110 valence electrons. The Bertz CT molecular complexity index is 863. The summed E-state index contributed by atoms with van der Waals surface area (Å²) in [6.45, 7) is 1.56. The van der Waals surface area contributed by atoms with Crippen molar-refractivity contribution < 1.29 is 18.3 Å². The highest BCUT2D eigenvalue weighted by atomic mass is 32.2. The molecule has 0 saturated heterocycles. The number of aryl methyl sites for hydroxylation is 1. The van der Waals surface area contributed by atoms with Crippen LogP contribution >= 0.6 is 0 Å². The fourth-order valence-electron chi connectivity index (χ4n) is 1.92. The molecule has 8 heteroatoms. The third-order valence-electron chi connectivity index (χ3n) is 2.91. The van der Waals surface area contributed by atoms with E-state index in [1.165, 1.54) is 18.2 Å². The summed E-state index contributed by atoms with van der Waals surface area (Å²) in [4.78, 5) is 22.0. The third-order valence-corrected chi connectivity index (χ3v) is 4.05. The molecular formula is C13H12N2O5S. The van der Waals surface area contributed by atoms with E-state index in [0.717, 1.165) is 12.3 Å². The molecule has 2 aromatic rings. The van der Waals surface area contributed by atoms with Crippen LogP contribution in [0.25, 0.3) is 11.3 Å². The maximum atomic E-state index is 11.9. The van der Waals surface area contributed by atoms with Crippen LogP contribution in [0.1, 0.15) is 15.9 Å². The number of H-pyrrole nitrogens is 1. The minimum Gasteiger partial charge on any atom is -0.478 e. The number of aromatic amines is 1. The summed E-state index contributed by atoms with van der Waals surface area (Å²) in [5, 5.41) is 15.1. The Morgan fingerprint density at radius 2 is 1.95 bits per heavy atom. The van der Waals surface area contributed by atoms with Gasteiger partial charge in [0.05, 0.1) is 16.2 Å². The van der Waals surface area contributed by atoms with Crippen molar-refractivity contribution in [1.82, 2.24) is 10.2 Å². The van der Waals surface area contributed by atoms with Gasteiger partial charge in [-0.15, -0.1) is 0 Å². The summed E-state index contributed by atoms with van der Waals surface area (Å²) in [6, 6.07) is 5.13. The minimum atomic E-state index is -3.66. The lowest BCUT2D eigenvalue weighted by Gasteiger charge is -2.11. The van der Waals surface area contributed by atoms with Crippen molar-refractivity contribution >= 4 is 15.8 Å². The Morgan fingerprint density at radius 3 is 2.43 bits per heavy atom. The van der Waals surface area contributed by atoms with Crippen molar-refractivity contribution in [3.63, 3.8) is 0 Å². The smallest absolute Gasteiger partial charge is 0.335 e. The predicted molar refractivity (Wildman–Crippen MR) is 75.1 cm³/mol. The number of nitrogens with zero attached hydrogens (tertiary/aromatic N) is 1. The highest BCUT2D eigenvalue weighted by molar-refractivity contribution is 7.90. The average Bonchev–Trinajstić information content (AvgIpc) is 2.37. The van der Waals surface area contributed by atoms with Gasteiger partial charge in [-0.25, -0.2) is 18.3 Å². The summed E-state index contributed by atoms with van der Waals surface area (Å²) in [6.07, 6.45) is 0.985. The number of rotatable bonds is 3. The second-order valence-electron chi connectivity index (χ2n) is 4.55. The standard InChI is InChI=1S/C13H12N2O5S/c1-7-5-9(10-3-4-12(16)15-14-10)11(21(2,19)20)6-8(7)13(17)18/h3-6H,1-2H3,(H,15,16)(H,17,18). The molecule has 2 N–H and O–H groups in total. The van der Waals surface area contributed by atoms with Gasteiger partial charge in [0.2, 0.25) is 0 Å². The molecule has 0 fully saturated rings. The summed E-state index contributed by atoms with van der Waals surface area (Å²) in [5.74, 6) is -1.21. The second-order valence-corrected chi connectivity index (χ2v) is 6.53. The van der Waals surface area contributed by atoms with Crippen LogP contribution in [-0.4, -0.2) is 35.9 Å². The molecule has 0 aliphatic heterocycles. The molecule has 0 atom stereocenters. The van der Waals surface area contributed by atoms with E-state index in [1.807, 2.05) is 0 Å². The first-order chi connectivity index (χ1) is 9.70. The summed E-state index contributed by atoms with van der Waals surface area (Å²) < 4.78 is 23.8. The Hall–Kier alpha value is -2.48. The van der Waals surface area contributed by atoms with E-state index < -0.39 is 21.4 Å². The van der Waals surface area contributed by atoms with Gasteiger partial charge in [-0.3, -0.25) is 4.79 Å². The molecule has 1 aromatic carbocycles. The lowest BCUT2D eigenvalue weighted by Crippen LogP contribution is -2.09. The lowest BCUT2D eigenvalue weighted by molar-refractivity contribution is 0.0696. The van der Waals surface area contributed by atoms with Crippen molar-refractivity contribution in [2.75, 3.05) is 6.26 Å². The molecule has 1 aromatic heterocycles. The zero-order chi connectivity index (χ0) is 15.8. The number of carboxylic acid groups (broad SMARTS) is 1. The number of hydrogen-bond acceptors (Lipinski definition) is 5. The van der Waals surface area contributed by atoms with E-state index in [-0.39, 0.29) is 21.7 Å². The van der Waals surface area contributed by atoms with Crippen LogP contribution in [0.15, 0.2) is 34.0 Å². The SMILES string of the molecule is Cc1cc(-c2ccc(=O)[nH]n2)c(S(C)(=O)=O)cc1C(=O)O. The summed E-state index contributed by atoms with van der Waals surface area (Å²) >= 11 is 0. The Kier molecular flexibility index (Phi) is 3.65. The highest BCUT2D eigenvalue weighted by Gasteiger charge is 2.20. The van der Waals surface area contributed by atoms with Crippen molar-refractivity contribution in [2.24, 2.45) is 0 Å². The van der Waals surface area contributed by atoms with Gasteiger partial charge < -0.3 is 5.11 Å². The molecule has 21 heavy (non-hydrogen) atoms. The minimum absolute atomic E-state index is 0.0939. The van der Waals surface area contributed by atoms with Crippen molar-refractivity contribution in [3.8, 4) is 11.3 Å². The molecule has 2 rings (SSSR count). The quantitative estimate of drug-likeness (QED) is 0.868. The zero-order valence-electron chi connectivity index (χ0n) is 11.2. The molecule has 0 aliphatic carbocycles. The van der Waals surface area contributed by atoms with Crippen molar-refractivity contribution in [1.29, 1.82) is 0 Å². The van der Waals surface area contributed by atoms with E-state index in [2.05, 4.69) is 10.2 Å². The molecule has 0 saturated carbocycles. The van der Waals surface area contributed by atoms with Crippen LogP contribution in [0.3, 0.4) is 0 Å². The summed E-state index contributed by atoms with van der Waals surface area (Å²) in [5.41, 5.74) is 0.381. The molecule has 0 unspecified atom stereocenters. The normalized spacial score (nSPS) is 11.3. The Labute approximate surface area is 120 Å². The van der Waals surface area contributed by atoms with Gasteiger partial charge >= 0.3 is 5.97 Å². The Morgan fingerprint density at radius 1 is 1.29 bits per heavy atom. The van der Waals surface area contributed by atoms with Gasteiger partial charge in [0.15, 0.2) is 9.84 Å². The van der Waals surface area contributed by atoms with Gasteiger partial charge in [0.25, 0.3) is 5.56 Å². The predicted octanol–water partition coefficient (Wildman–Crippen LogP) is 0.847. The molecule has 0 bridgehead atoms. The number of nitrogens with one attached hydrogen (secondary N) is 1.